The van der Waals surface area contributed by atoms with Gasteiger partial charge in [-0.2, -0.15) is 5.10 Å². The van der Waals surface area contributed by atoms with Crippen LogP contribution in [0.5, 0.6) is 0 Å². The first-order valence-electron chi connectivity index (χ1n) is 9.10. The molecule has 28 heavy (non-hydrogen) atoms. The molecule has 1 unspecified atom stereocenters. The predicted molar refractivity (Wildman–Crippen MR) is 107 cm³/mol. The summed E-state index contributed by atoms with van der Waals surface area (Å²) in [7, 11) is 1.92. The predicted octanol–water partition coefficient (Wildman–Crippen LogP) is 3.18. The molecule has 0 aliphatic heterocycles. The van der Waals surface area contributed by atoms with Gasteiger partial charge in [0.05, 0.1) is 18.3 Å². The third kappa shape index (κ3) is 3.86. The van der Waals surface area contributed by atoms with Crippen molar-refractivity contribution in [1.82, 2.24) is 24.6 Å². The van der Waals surface area contributed by atoms with Crippen LogP contribution in [-0.2, 0) is 13.6 Å². The first-order chi connectivity index (χ1) is 13.7. The second-order valence-corrected chi connectivity index (χ2v) is 6.63. The van der Waals surface area contributed by atoms with Crippen molar-refractivity contribution < 1.29 is 4.79 Å². The minimum atomic E-state index is -0.342. The van der Waals surface area contributed by atoms with Crippen LogP contribution in [0.25, 0.3) is 0 Å². The third-order valence-corrected chi connectivity index (χ3v) is 4.61. The number of hydrogen-bond donors (Lipinski definition) is 1. The van der Waals surface area contributed by atoms with E-state index >= 15 is 0 Å². The zero-order valence-electron chi connectivity index (χ0n) is 15.6. The van der Waals surface area contributed by atoms with Gasteiger partial charge in [0.1, 0.15) is 11.9 Å². The van der Waals surface area contributed by atoms with Crippen LogP contribution in [0.1, 0.15) is 33.4 Å². The Morgan fingerprint density at radius 2 is 1.79 bits per heavy atom. The Morgan fingerprint density at radius 3 is 2.46 bits per heavy atom. The molecule has 6 heteroatoms. The van der Waals surface area contributed by atoms with E-state index in [1.807, 2.05) is 78.5 Å². The maximum Gasteiger partial charge on any atom is 0.255 e. The number of amides is 1. The molecule has 6 nitrogen and oxygen atoms in total. The molecule has 1 amide bonds. The molecule has 4 aromatic rings. The summed E-state index contributed by atoms with van der Waals surface area (Å²) in [5, 5.41) is 7.42. The number of carbonyl (C=O) groups is 1. The quantitative estimate of drug-likeness (QED) is 0.566. The Bertz CT molecular complexity index is 1050. The molecule has 0 saturated carbocycles. The number of benzene rings is 2. The molecular weight excluding hydrogens is 350 g/mol. The number of imidazole rings is 1. The summed E-state index contributed by atoms with van der Waals surface area (Å²) >= 11 is 0. The van der Waals surface area contributed by atoms with Gasteiger partial charge in [0, 0.05) is 25.6 Å². The van der Waals surface area contributed by atoms with Gasteiger partial charge in [0.25, 0.3) is 5.91 Å². The van der Waals surface area contributed by atoms with Gasteiger partial charge in [-0.25, -0.2) is 4.98 Å². The minimum absolute atomic E-state index is 0.184. The number of aryl methyl sites for hydroxylation is 1. The second kappa shape index (κ2) is 7.92. The summed E-state index contributed by atoms with van der Waals surface area (Å²) in [6.45, 7) is 0.621. The molecule has 0 saturated heterocycles. The Hall–Kier alpha value is -3.67. The molecule has 0 aliphatic carbocycles. The summed E-state index contributed by atoms with van der Waals surface area (Å²) < 4.78 is 3.68. The van der Waals surface area contributed by atoms with E-state index in [-0.39, 0.29) is 11.9 Å². The maximum absolute atomic E-state index is 12.9. The van der Waals surface area contributed by atoms with Crippen molar-refractivity contribution >= 4 is 5.91 Å². The molecule has 1 atom stereocenters. The highest BCUT2D eigenvalue weighted by Crippen LogP contribution is 2.20. The molecule has 4 rings (SSSR count). The lowest BCUT2D eigenvalue weighted by molar-refractivity contribution is 0.0941. The topological polar surface area (TPSA) is 64.7 Å². The second-order valence-electron chi connectivity index (χ2n) is 6.63. The zero-order chi connectivity index (χ0) is 19.3. The van der Waals surface area contributed by atoms with E-state index in [9.17, 15) is 4.79 Å². The molecule has 0 aliphatic rings. The Balaban J connectivity index is 1.54. The fourth-order valence-corrected chi connectivity index (χ4v) is 3.15. The summed E-state index contributed by atoms with van der Waals surface area (Å²) in [4.78, 5) is 17.3. The summed E-state index contributed by atoms with van der Waals surface area (Å²) in [6.07, 6.45) is 6.96. The average Bonchev–Trinajstić information content (AvgIpc) is 3.37. The van der Waals surface area contributed by atoms with E-state index in [0.29, 0.717) is 12.1 Å². The van der Waals surface area contributed by atoms with Gasteiger partial charge in [-0.15, -0.1) is 0 Å². The van der Waals surface area contributed by atoms with E-state index in [2.05, 4.69) is 15.4 Å². The van der Waals surface area contributed by atoms with Gasteiger partial charge >= 0.3 is 0 Å². The Labute approximate surface area is 163 Å². The van der Waals surface area contributed by atoms with Crippen molar-refractivity contribution in [3.8, 4) is 0 Å². The van der Waals surface area contributed by atoms with Crippen LogP contribution < -0.4 is 5.32 Å². The van der Waals surface area contributed by atoms with Crippen LogP contribution in [-0.4, -0.2) is 25.2 Å². The molecule has 0 spiro atoms. The van der Waals surface area contributed by atoms with E-state index in [1.165, 1.54) is 0 Å². The van der Waals surface area contributed by atoms with Crippen LogP contribution in [0.2, 0.25) is 0 Å². The highest BCUT2D eigenvalue weighted by molar-refractivity contribution is 5.94. The summed E-state index contributed by atoms with van der Waals surface area (Å²) in [5.41, 5.74) is 2.63. The minimum Gasteiger partial charge on any atom is -0.338 e. The Kier molecular flexibility index (Phi) is 5.01. The number of nitrogens with zero attached hydrogens (tertiary/aromatic N) is 4. The molecule has 140 valence electrons. The SMILES string of the molecule is Cn1ccnc1C(NC(=O)c1cnn(Cc2ccccc2)c1)c1ccccc1. The van der Waals surface area contributed by atoms with Gasteiger partial charge in [-0.05, 0) is 11.1 Å². The Morgan fingerprint density at radius 1 is 1.07 bits per heavy atom. The highest BCUT2D eigenvalue weighted by atomic mass is 16.1. The van der Waals surface area contributed by atoms with Crippen molar-refractivity contribution in [2.24, 2.45) is 7.05 Å². The molecule has 1 N–H and O–H groups in total. The number of rotatable bonds is 6. The number of aromatic nitrogens is 4. The lowest BCUT2D eigenvalue weighted by atomic mass is 10.1. The van der Waals surface area contributed by atoms with Gasteiger partial charge in [0.2, 0.25) is 0 Å². The number of nitrogens with one attached hydrogen (secondary N) is 1. The van der Waals surface area contributed by atoms with Crippen molar-refractivity contribution in [2.75, 3.05) is 0 Å². The van der Waals surface area contributed by atoms with Crippen LogP contribution in [0.15, 0.2) is 85.5 Å². The van der Waals surface area contributed by atoms with Crippen LogP contribution in [0.3, 0.4) is 0 Å². The van der Waals surface area contributed by atoms with Gasteiger partial charge in [0.15, 0.2) is 0 Å². The van der Waals surface area contributed by atoms with Gasteiger partial charge in [-0.1, -0.05) is 60.7 Å². The third-order valence-electron chi connectivity index (χ3n) is 4.61. The standard InChI is InChI=1S/C22H21N5O/c1-26-13-12-23-21(26)20(18-10-6-3-7-11-18)25-22(28)19-14-24-27(16-19)15-17-8-4-2-5-9-17/h2-14,16,20H,15H2,1H3,(H,25,28). The van der Waals surface area contributed by atoms with E-state index < -0.39 is 0 Å². The zero-order valence-corrected chi connectivity index (χ0v) is 15.6. The molecule has 2 aromatic heterocycles. The van der Waals surface area contributed by atoms with Crippen LogP contribution in [0.4, 0.5) is 0 Å². The molecule has 0 fully saturated rings. The fourth-order valence-electron chi connectivity index (χ4n) is 3.15. The number of carbonyl (C=O) groups excluding carboxylic acids is 1. The van der Waals surface area contributed by atoms with Crippen LogP contribution >= 0.6 is 0 Å². The van der Waals surface area contributed by atoms with Crippen molar-refractivity contribution in [2.45, 2.75) is 12.6 Å². The first-order valence-corrected chi connectivity index (χ1v) is 9.10. The highest BCUT2D eigenvalue weighted by Gasteiger charge is 2.22. The smallest absolute Gasteiger partial charge is 0.255 e. The van der Waals surface area contributed by atoms with Crippen LogP contribution in [0, 0.1) is 0 Å². The van der Waals surface area contributed by atoms with Crippen molar-refractivity contribution in [3.05, 3.63) is 108 Å². The van der Waals surface area contributed by atoms with Crippen molar-refractivity contribution in [1.29, 1.82) is 0 Å². The lowest BCUT2D eigenvalue weighted by Gasteiger charge is -2.18. The summed E-state index contributed by atoms with van der Waals surface area (Å²) in [6, 6.07) is 19.5. The molecule has 0 bridgehead atoms. The molecule has 2 aromatic carbocycles. The van der Waals surface area contributed by atoms with Gasteiger partial charge < -0.3 is 9.88 Å². The molecule has 0 radical (unpaired) electrons. The lowest BCUT2D eigenvalue weighted by Crippen LogP contribution is -2.30. The average molecular weight is 371 g/mol. The first kappa shape index (κ1) is 17.7. The monoisotopic (exact) mass is 371 g/mol. The van der Waals surface area contributed by atoms with E-state index in [0.717, 1.165) is 17.0 Å². The van der Waals surface area contributed by atoms with Gasteiger partial charge in [-0.3, -0.25) is 9.48 Å². The molecule has 2 heterocycles. The fraction of sp³-hybridized carbons (Fsp3) is 0.136. The van der Waals surface area contributed by atoms with E-state index in [1.54, 1.807) is 23.3 Å². The number of hydrogen-bond acceptors (Lipinski definition) is 3. The largest absolute Gasteiger partial charge is 0.338 e. The maximum atomic E-state index is 12.9. The normalized spacial score (nSPS) is 11.9. The van der Waals surface area contributed by atoms with Crippen molar-refractivity contribution in [3.63, 3.8) is 0 Å². The molecular formula is C22H21N5O. The van der Waals surface area contributed by atoms with E-state index in [4.69, 9.17) is 0 Å². The summed E-state index contributed by atoms with van der Waals surface area (Å²) in [5.74, 6) is 0.590.